The molecule has 0 aliphatic carbocycles. The predicted octanol–water partition coefficient (Wildman–Crippen LogP) is 1.96. The Morgan fingerprint density at radius 2 is 2.27 bits per heavy atom. The number of hydrogen-bond acceptors (Lipinski definition) is 2. The molecule has 0 radical (unpaired) electrons. The van der Waals surface area contributed by atoms with E-state index in [-0.39, 0.29) is 0 Å². The first-order valence-corrected chi connectivity index (χ1v) is 4.61. The second-order valence-electron chi connectivity index (χ2n) is 2.60. The molecule has 0 amide bonds. The second-order valence-corrected chi connectivity index (χ2v) is 3.76. The molecule has 1 aromatic carbocycles. The molecule has 0 unspecified atom stereocenters. The van der Waals surface area contributed by atoms with Crippen molar-refractivity contribution in [1.82, 2.24) is 0 Å². The minimum absolute atomic E-state index is 0.452. The lowest BCUT2D eigenvalue weighted by atomic mass is 10.1. The number of aromatic hydroxyl groups is 1. The Balaban J connectivity index is 2.62. The van der Waals surface area contributed by atoms with Crippen LogP contribution in [0, 0.1) is 3.57 Å². The first-order chi connectivity index (χ1) is 5.29. The number of fused-ring (bicyclic) bond motifs is 1. The van der Waals surface area contributed by atoms with Crippen LogP contribution in [0.5, 0.6) is 5.75 Å². The van der Waals surface area contributed by atoms with Gasteiger partial charge < -0.3 is 10.4 Å². The van der Waals surface area contributed by atoms with Gasteiger partial charge in [-0.2, -0.15) is 0 Å². The average Bonchev–Trinajstić information content (AvgIpc) is 2.45. The molecule has 0 aromatic heterocycles. The highest BCUT2D eigenvalue weighted by molar-refractivity contribution is 14.1. The van der Waals surface area contributed by atoms with Crippen LogP contribution in [-0.2, 0) is 6.42 Å². The van der Waals surface area contributed by atoms with Gasteiger partial charge in [0.05, 0.1) is 3.57 Å². The Morgan fingerprint density at radius 3 is 3.09 bits per heavy atom. The van der Waals surface area contributed by atoms with Gasteiger partial charge in [0.1, 0.15) is 5.75 Å². The summed E-state index contributed by atoms with van der Waals surface area (Å²) in [6, 6.07) is 3.94. The highest BCUT2D eigenvalue weighted by atomic mass is 127. The van der Waals surface area contributed by atoms with Crippen LogP contribution in [0.15, 0.2) is 12.1 Å². The van der Waals surface area contributed by atoms with Gasteiger partial charge in [-0.05, 0) is 41.1 Å². The topological polar surface area (TPSA) is 32.3 Å². The number of phenolic OH excluding ortho intramolecular Hbond substituents is 1. The first-order valence-electron chi connectivity index (χ1n) is 3.53. The van der Waals surface area contributed by atoms with E-state index in [1.165, 1.54) is 0 Å². The summed E-state index contributed by atoms with van der Waals surface area (Å²) < 4.78 is 0.935. The van der Waals surface area contributed by atoms with E-state index in [9.17, 15) is 5.11 Å². The number of phenols is 1. The monoisotopic (exact) mass is 261 g/mol. The normalized spacial score (nSPS) is 14.3. The van der Waals surface area contributed by atoms with Gasteiger partial charge in [-0.15, -0.1) is 0 Å². The molecule has 0 saturated carbocycles. The van der Waals surface area contributed by atoms with E-state index >= 15 is 0 Å². The van der Waals surface area contributed by atoms with Crippen LogP contribution in [0.1, 0.15) is 5.56 Å². The summed E-state index contributed by atoms with van der Waals surface area (Å²) in [6.07, 6.45) is 0.942. The van der Waals surface area contributed by atoms with Crippen LogP contribution in [0.4, 0.5) is 5.69 Å². The van der Waals surface area contributed by atoms with Crippen molar-refractivity contribution in [1.29, 1.82) is 0 Å². The summed E-state index contributed by atoms with van der Waals surface area (Å²) in [5.41, 5.74) is 2.15. The van der Waals surface area contributed by atoms with Gasteiger partial charge in [-0.3, -0.25) is 0 Å². The molecule has 0 atom stereocenters. The molecule has 58 valence electrons. The molecule has 1 aromatic rings. The molecule has 0 spiro atoms. The van der Waals surface area contributed by atoms with Crippen molar-refractivity contribution in [2.75, 3.05) is 11.9 Å². The summed E-state index contributed by atoms with van der Waals surface area (Å²) in [4.78, 5) is 0. The van der Waals surface area contributed by atoms with Gasteiger partial charge in [0, 0.05) is 17.8 Å². The number of halogens is 1. The van der Waals surface area contributed by atoms with Crippen molar-refractivity contribution in [3.8, 4) is 5.75 Å². The Bertz CT molecular complexity index is 298. The van der Waals surface area contributed by atoms with Gasteiger partial charge in [0.15, 0.2) is 0 Å². The van der Waals surface area contributed by atoms with Crippen LogP contribution >= 0.6 is 22.6 Å². The van der Waals surface area contributed by atoms with E-state index in [0.717, 1.165) is 27.8 Å². The Labute approximate surface area is 78.8 Å². The SMILES string of the molecule is Oc1c(I)ccc2c1CCN2. The van der Waals surface area contributed by atoms with Crippen molar-refractivity contribution in [2.45, 2.75) is 6.42 Å². The van der Waals surface area contributed by atoms with E-state index in [1.807, 2.05) is 12.1 Å². The largest absolute Gasteiger partial charge is 0.506 e. The third-order valence-corrected chi connectivity index (χ3v) is 2.79. The Morgan fingerprint density at radius 1 is 1.45 bits per heavy atom. The summed E-state index contributed by atoms with van der Waals surface area (Å²) in [7, 11) is 0. The maximum atomic E-state index is 9.57. The third-order valence-electron chi connectivity index (χ3n) is 1.92. The molecule has 1 aliphatic heterocycles. The average molecular weight is 261 g/mol. The van der Waals surface area contributed by atoms with Gasteiger partial charge in [-0.1, -0.05) is 0 Å². The van der Waals surface area contributed by atoms with E-state index in [4.69, 9.17) is 0 Å². The second kappa shape index (κ2) is 2.55. The van der Waals surface area contributed by atoms with Gasteiger partial charge >= 0.3 is 0 Å². The Kier molecular flexibility index (Phi) is 1.67. The third kappa shape index (κ3) is 1.07. The highest BCUT2D eigenvalue weighted by Crippen LogP contribution is 2.33. The molecule has 1 heterocycles. The maximum absolute atomic E-state index is 9.57. The fourth-order valence-electron chi connectivity index (χ4n) is 1.35. The van der Waals surface area contributed by atoms with E-state index in [0.29, 0.717) is 5.75 Å². The van der Waals surface area contributed by atoms with Crippen LogP contribution in [0.25, 0.3) is 0 Å². The van der Waals surface area contributed by atoms with Gasteiger partial charge in [-0.25, -0.2) is 0 Å². The summed E-state index contributed by atoms with van der Waals surface area (Å²) in [5, 5.41) is 12.8. The van der Waals surface area contributed by atoms with Crippen LogP contribution in [0.2, 0.25) is 0 Å². The van der Waals surface area contributed by atoms with Crippen molar-refractivity contribution in [2.24, 2.45) is 0 Å². The van der Waals surface area contributed by atoms with Gasteiger partial charge in [0.25, 0.3) is 0 Å². The molecule has 2 nitrogen and oxygen atoms in total. The zero-order chi connectivity index (χ0) is 7.84. The lowest BCUT2D eigenvalue weighted by Gasteiger charge is -2.02. The quantitative estimate of drug-likeness (QED) is 0.700. The van der Waals surface area contributed by atoms with Crippen LogP contribution in [-0.4, -0.2) is 11.7 Å². The van der Waals surface area contributed by atoms with Gasteiger partial charge in [0.2, 0.25) is 0 Å². The molecule has 0 bridgehead atoms. The number of rotatable bonds is 0. The predicted molar refractivity (Wildman–Crippen MR) is 53.0 cm³/mol. The zero-order valence-corrected chi connectivity index (χ0v) is 8.05. The summed E-state index contributed by atoms with van der Waals surface area (Å²) in [6.45, 7) is 0.947. The zero-order valence-electron chi connectivity index (χ0n) is 5.89. The minimum atomic E-state index is 0.452. The number of hydrogen-bond donors (Lipinski definition) is 2. The van der Waals surface area contributed by atoms with E-state index in [1.54, 1.807) is 0 Å². The number of nitrogens with one attached hydrogen (secondary N) is 1. The standard InChI is InChI=1S/C8H8INO/c9-6-1-2-7-5(8(6)11)3-4-10-7/h1-2,10-11H,3-4H2. The lowest BCUT2D eigenvalue weighted by Crippen LogP contribution is -1.90. The van der Waals surface area contributed by atoms with Crippen molar-refractivity contribution < 1.29 is 5.11 Å². The summed E-state index contributed by atoms with van der Waals surface area (Å²) >= 11 is 2.14. The maximum Gasteiger partial charge on any atom is 0.134 e. The van der Waals surface area contributed by atoms with Crippen LogP contribution in [0.3, 0.4) is 0 Å². The van der Waals surface area contributed by atoms with Crippen LogP contribution < -0.4 is 5.32 Å². The molecule has 11 heavy (non-hydrogen) atoms. The van der Waals surface area contributed by atoms with Crippen molar-refractivity contribution in [3.63, 3.8) is 0 Å². The molecular weight excluding hydrogens is 253 g/mol. The highest BCUT2D eigenvalue weighted by Gasteiger charge is 2.15. The summed E-state index contributed by atoms with van der Waals surface area (Å²) in [5.74, 6) is 0.452. The molecular formula is C8H8INO. The minimum Gasteiger partial charge on any atom is -0.506 e. The molecule has 2 rings (SSSR count). The molecule has 3 heteroatoms. The first kappa shape index (κ1) is 7.21. The fourth-order valence-corrected chi connectivity index (χ4v) is 1.85. The molecule has 0 fully saturated rings. The smallest absolute Gasteiger partial charge is 0.134 e. The number of anilines is 1. The van der Waals surface area contributed by atoms with Crippen molar-refractivity contribution in [3.05, 3.63) is 21.3 Å². The molecule has 2 N–H and O–H groups in total. The van der Waals surface area contributed by atoms with Crippen molar-refractivity contribution >= 4 is 28.3 Å². The van der Waals surface area contributed by atoms with E-state index in [2.05, 4.69) is 27.9 Å². The molecule has 1 aliphatic rings. The lowest BCUT2D eigenvalue weighted by molar-refractivity contribution is 0.466. The molecule has 0 saturated heterocycles. The van der Waals surface area contributed by atoms with E-state index < -0.39 is 0 Å². The Hall–Kier alpha value is -0.450. The number of benzene rings is 1. The fraction of sp³-hybridized carbons (Fsp3) is 0.250.